The summed E-state index contributed by atoms with van der Waals surface area (Å²) in [5.41, 5.74) is 2.92. The molecule has 0 saturated carbocycles. The van der Waals surface area contributed by atoms with Gasteiger partial charge in [0.1, 0.15) is 0 Å². The summed E-state index contributed by atoms with van der Waals surface area (Å²) in [6.07, 6.45) is 6.52. The molecule has 2 aromatic rings. The van der Waals surface area contributed by atoms with Gasteiger partial charge in [-0.1, -0.05) is 30.3 Å². The Bertz CT molecular complexity index is 497. The normalized spacial score (nSPS) is 11.7. The molecular formula is C17H24N2. The molecule has 0 radical (unpaired) electrons. The van der Waals surface area contributed by atoms with Crippen LogP contribution in [0.4, 0.5) is 0 Å². The zero-order valence-corrected chi connectivity index (χ0v) is 12.2. The molecule has 0 aliphatic heterocycles. The van der Waals surface area contributed by atoms with Crippen molar-refractivity contribution < 1.29 is 0 Å². The quantitative estimate of drug-likeness (QED) is 0.836. The number of hydrogen-bond donors (Lipinski definition) is 1. The van der Waals surface area contributed by atoms with Gasteiger partial charge in [-0.3, -0.25) is 0 Å². The van der Waals surface area contributed by atoms with E-state index < -0.39 is 0 Å². The van der Waals surface area contributed by atoms with E-state index in [2.05, 4.69) is 79.6 Å². The minimum absolute atomic E-state index is 0.158. The van der Waals surface area contributed by atoms with Gasteiger partial charge in [-0.05, 0) is 43.9 Å². The molecule has 0 saturated heterocycles. The van der Waals surface area contributed by atoms with Crippen molar-refractivity contribution in [1.82, 2.24) is 9.88 Å². The van der Waals surface area contributed by atoms with E-state index in [-0.39, 0.29) is 5.54 Å². The second-order valence-electron chi connectivity index (χ2n) is 5.91. The highest BCUT2D eigenvalue weighted by Crippen LogP contribution is 2.14. The maximum Gasteiger partial charge on any atom is 0.0225 e. The smallest absolute Gasteiger partial charge is 0.0225 e. The fourth-order valence-corrected chi connectivity index (χ4v) is 2.20. The average molecular weight is 256 g/mol. The Morgan fingerprint density at radius 3 is 2.42 bits per heavy atom. The number of nitrogens with one attached hydrogen (secondary N) is 1. The molecule has 1 aromatic carbocycles. The largest absolute Gasteiger partial charge is 0.357 e. The van der Waals surface area contributed by atoms with Gasteiger partial charge in [-0.2, -0.15) is 0 Å². The zero-order valence-electron chi connectivity index (χ0n) is 12.2. The SMILES string of the molecule is Cn1ccc(CNC(C)(C)CCc2ccccc2)c1. The summed E-state index contributed by atoms with van der Waals surface area (Å²) in [7, 11) is 2.06. The highest BCUT2D eigenvalue weighted by atomic mass is 15.0. The van der Waals surface area contributed by atoms with Crippen LogP contribution < -0.4 is 5.32 Å². The van der Waals surface area contributed by atoms with Crippen LogP contribution in [0, 0.1) is 0 Å². The van der Waals surface area contributed by atoms with Gasteiger partial charge in [0, 0.05) is 31.5 Å². The van der Waals surface area contributed by atoms with Crippen LogP contribution in [0.15, 0.2) is 48.8 Å². The van der Waals surface area contributed by atoms with Crippen LogP contribution in [0.5, 0.6) is 0 Å². The molecule has 0 unspecified atom stereocenters. The first kappa shape index (κ1) is 13.9. The first-order valence-electron chi connectivity index (χ1n) is 6.95. The molecule has 102 valence electrons. The van der Waals surface area contributed by atoms with E-state index >= 15 is 0 Å². The molecule has 1 N–H and O–H groups in total. The van der Waals surface area contributed by atoms with Crippen molar-refractivity contribution >= 4 is 0 Å². The van der Waals surface area contributed by atoms with E-state index in [1.54, 1.807) is 0 Å². The first-order valence-corrected chi connectivity index (χ1v) is 6.95. The van der Waals surface area contributed by atoms with Gasteiger partial charge in [0.05, 0.1) is 0 Å². The van der Waals surface area contributed by atoms with Gasteiger partial charge in [-0.15, -0.1) is 0 Å². The maximum absolute atomic E-state index is 3.65. The summed E-state index contributed by atoms with van der Waals surface area (Å²) >= 11 is 0. The summed E-state index contributed by atoms with van der Waals surface area (Å²) in [6, 6.07) is 12.9. The van der Waals surface area contributed by atoms with E-state index in [4.69, 9.17) is 0 Å². The first-order chi connectivity index (χ1) is 9.05. The van der Waals surface area contributed by atoms with Gasteiger partial charge in [0.15, 0.2) is 0 Å². The van der Waals surface area contributed by atoms with E-state index in [1.165, 1.54) is 11.1 Å². The van der Waals surface area contributed by atoms with Crippen molar-refractivity contribution in [2.24, 2.45) is 7.05 Å². The Morgan fingerprint density at radius 2 is 1.79 bits per heavy atom. The molecule has 0 fully saturated rings. The van der Waals surface area contributed by atoms with E-state index in [9.17, 15) is 0 Å². The van der Waals surface area contributed by atoms with Crippen LogP contribution in [0.3, 0.4) is 0 Å². The lowest BCUT2D eigenvalue weighted by Gasteiger charge is -2.26. The Morgan fingerprint density at radius 1 is 1.05 bits per heavy atom. The van der Waals surface area contributed by atoms with Crippen LogP contribution in [0.1, 0.15) is 31.4 Å². The standard InChI is InChI=1S/C17H24N2/c1-17(2,11-9-15-7-5-4-6-8-15)18-13-16-10-12-19(3)14-16/h4-8,10,12,14,18H,9,11,13H2,1-3H3. The van der Waals surface area contributed by atoms with E-state index in [0.717, 1.165) is 19.4 Å². The Kier molecular flexibility index (Phi) is 4.43. The van der Waals surface area contributed by atoms with Gasteiger partial charge < -0.3 is 9.88 Å². The molecule has 0 aliphatic carbocycles. The number of nitrogens with zero attached hydrogens (tertiary/aromatic N) is 1. The molecule has 2 rings (SSSR count). The predicted octanol–water partition coefficient (Wildman–Crippen LogP) is 3.53. The molecule has 2 nitrogen and oxygen atoms in total. The maximum atomic E-state index is 3.65. The molecule has 0 spiro atoms. The Hall–Kier alpha value is -1.54. The average Bonchev–Trinajstić information content (AvgIpc) is 2.82. The fraction of sp³-hybridized carbons (Fsp3) is 0.412. The molecular weight excluding hydrogens is 232 g/mol. The number of aryl methyl sites for hydroxylation is 2. The van der Waals surface area contributed by atoms with Crippen molar-refractivity contribution in [3.8, 4) is 0 Å². The van der Waals surface area contributed by atoms with Crippen molar-refractivity contribution in [3.63, 3.8) is 0 Å². The summed E-state index contributed by atoms with van der Waals surface area (Å²) in [4.78, 5) is 0. The summed E-state index contributed by atoms with van der Waals surface area (Å²) in [6.45, 7) is 5.49. The van der Waals surface area contributed by atoms with Gasteiger partial charge >= 0.3 is 0 Å². The lowest BCUT2D eigenvalue weighted by Crippen LogP contribution is -2.39. The summed E-state index contributed by atoms with van der Waals surface area (Å²) < 4.78 is 2.09. The molecule has 2 heteroatoms. The fourth-order valence-electron chi connectivity index (χ4n) is 2.20. The third-order valence-corrected chi connectivity index (χ3v) is 3.55. The Balaban J connectivity index is 1.81. The van der Waals surface area contributed by atoms with E-state index in [1.807, 2.05) is 0 Å². The van der Waals surface area contributed by atoms with Crippen LogP contribution in [-0.2, 0) is 20.0 Å². The van der Waals surface area contributed by atoms with Gasteiger partial charge in [0.25, 0.3) is 0 Å². The lowest BCUT2D eigenvalue weighted by molar-refractivity contribution is 0.360. The monoisotopic (exact) mass is 256 g/mol. The Labute approximate surface area is 116 Å². The molecule has 0 amide bonds. The van der Waals surface area contributed by atoms with Crippen molar-refractivity contribution in [2.45, 2.75) is 38.8 Å². The minimum atomic E-state index is 0.158. The predicted molar refractivity (Wildman–Crippen MR) is 81.1 cm³/mol. The van der Waals surface area contributed by atoms with Crippen molar-refractivity contribution in [3.05, 3.63) is 59.9 Å². The van der Waals surface area contributed by atoms with Crippen LogP contribution in [0.25, 0.3) is 0 Å². The van der Waals surface area contributed by atoms with Crippen molar-refractivity contribution in [2.75, 3.05) is 0 Å². The molecule has 0 bridgehead atoms. The van der Waals surface area contributed by atoms with Crippen LogP contribution in [0.2, 0.25) is 0 Å². The van der Waals surface area contributed by atoms with Crippen LogP contribution in [-0.4, -0.2) is 10.1 Å². The number of benzene rings is 1. The highest BCUT2D eigenvalue weighted by molar-refractivity contribution is 5.15. The van der Waals surface area contributed by atoms with E-state index in [0.29, 0.717) is 0 Å². The molecule has 0 aliphatic rings. The third-order valence-electron chi connectivity index (χ3n) is 3.55. The summed E-state index contributed by atoms with van der Waals surface area (Å²) in [5, 5.41) is 3.65. The second kappa shape index (κ2) is 6.07. The number of aromatic nitrogens is 1. The zero-order chi connectivity index (χ0) is 13.7. The number of rotatable bonds is 6. The number of hydrogen-bond acceptors (Lipinski definition) is 1. The molecule has 1 heterocycles. The second-order valence-corrected chi connectivity index (χ2v) is 5.91. The third kappa shape index (κ3) is 4.56. The molecule has 1 aromatic heterocycles. The minimum Gasteiger partial charge on any atom is -0.357 e. The van der Waals surface area contributed by atoms with Crippen molar-refractivity contribution in [1.29, 1.82) is 0 Å². The van der Waals surface area contributed by atoms with Gasteiger partial charge in [0.2, 0.25) is 0 Å². The highest BCUT2D eigenvalue weighted by Gasteiger charge is 2.16. The molecule has 19 heavy (non-hydrogen) atoms. The van der Waals surface area contributed by atoms with Gasteiger partial charge in [-0.25, -0.2) is 0 Å². The summed E-state index contributed by atoms with van der Waals surface area (Å²) in [5.74, 6) is 0. The molecule has 0 atom stereocenters. The van der Waals surface area contributed by atoms with Crippen LogP contribution >= 0.6 is 0 Å². The lowest BCUT2D eigenvalue weighted by atomic mass is 9.95. The topological polar surface area (TPSA) is 17.0 Å².